The van der Waals surface area contributed by atoms with Crippen LogP contribution in [0.1, 0.15) is 18.6 Å². The van der Waals surface area contributed by atoms with Gasteiger partial charge in [0.05, 0.1) is 23.4 Å². The molecule has 1 saturated heterocycles. The topological polar surface area (TPSA) is 67.5 Å². The van der Waals surface area contributed by atoms with Crippen LogP contribution in [0.4, 0.5) is 0 Å². The Labute approximate surface area is 88.8 Å². The molecule has 1 aromatic rings. The Morgan fingerprint density at radius 3 is 2.93 bits per heavy atom. The van der Waals surface area contributed by atoms with E-state index in [-0.39, 0.29) is 17.9 Å². The lowest BCUT2D eigenvalue weighted by atomic mass is 9.95. The maximum atomic E-state index is 11.4. The monoisotopic (exact) mass is 230 g/mol. The quantitative estimate of drug-likeness (QED) is 0.814. The normalized spacial score (nSPS) is 30.2. The van der Waals surface area contributed by atoms with E-state index in [1.165, 1.54) is 6.26 Å². The zero-order valence-corrected chi connectivity index (χ0v) is 9.16. The van der Waals surface area contributed by atoms with Crippen LogP contribution in [0.2, 0.25) is 0 Å². The van der Waals surface area contributed by atoms with Gasteiger partial charge >= 0.3 is 0 Å². The van der Waals surface area contributed by atoms with E-state index in [2.05, 4.69) is 0 Å². The number of aliphatic hydroxyl groups is 1. The Balaban J connectivity index is 2.13. The SMILES string of the molecule is O=S1(=O)CCCC(O)(Cc2ccco2)C1. The number of hydrogen-bond acceptors (Lipinski definition) is 4. The zero-order chi connectivity index (χ0) is 10.9. The highest BCUT2D eigenvalue weighted by Gasteiger charge is 2.37. The van der Waals surface area contributed by atoms with Crippen LogP contribution >= 0.6 is 0 Å². The molecule has 0 bridgehead atoms. The fraction of sp³-hybridized carbons (Fsp3) is 0.600. The van der Waals surface area contributed by atoms with Crippen molar-refractivity contribution in [2.75, 3.05) is 11.5 Å². The minimum Gasteiger partial charge on any atom is -0.469 e. The first-order chi connectivity index (χ1) is 6.99. The van der Waals surface area contributed by atoms with Gasteiger partial charge in [-0.2, -0.15) is 0 Å². The van der Waals surface area contributed by atoms with Crippen LogP contribution in [0.25, 0.3) is 0 Å². The van der Waals surface area contributed by atoms with Crippen molar-refractivity contribution in [2.45, 2.75) is 24.9 Å². The van der Waals surface area contributed by atoms with Crippen LogP contribution in [0, 0.1) is 0 Å². The van der Waals surface area contributed by atoms with Gasteiger partial charge in [0.1, 0.15) is 5.76 Å². The molecule has 1 aliphatic rings. The second-order valence-electron chi connectivity index (χ2n) is 4.18. The van der Waals surface area contributed by atoms with Crippen LogP contribution < -0.4 is 0 Å². The molecule has 0 saturated carbocycles. The largest absolute Gasteiger partial charge is 0.469 e. The van der Waals surface area contributed by atoms with Gasteiger partial charge < -0.3 is 9.52 Å². The molecular weight excluding hydrogens is 216 g/mol. The molecule has 5 heteroatoms. The number of sulfone groups is 1. The maximum Gasteiger partial charge on any atom is 0.153 e. The summed E-state index contributed by atoms with van der Waals surface area (Å²) in [6.07, 6.45) is 2.85. The molecule has 1 unspecified atom stereocenters. The third-order valence-corrected chi connectivity index (χ3v) is 4.56. The summed E-state index contributed by atoms with van der Waals surface area (Å²) in [7, 11) is -3.09. The molecular formula is C10H14O4S. The molecule has 0 radical (unpaired) electrons. The van der Waals surface area contributed by atoms with Crippen LogP contribution in [-0.2, 0) is 16.3 Å². The standard InChI is InChI=1S/C10H14O4S/c11-10(7-9-3-1-5-14-9)4-2-6-15(12,13)8-10/h1,3,5,11H,2,4,6-8H2. The molecule has 15 heavy (non-hydrogen) atoms. The van der Waals surface area contributed by atoms with Gasteiger partial charge in [-0.15, -0.1) is 0 Å². The van der Waals surface area contributed by atoms with Crippen LogP contribution in [-0.4, -0.2) is 30.6 Å². The van der Waals surface area contributed by atoms with E-state index in [0.717, 1.165) is 0 Å². The first-order valence-corrected chi connectivity index (χ1v) is 6.77. The van der Waals surface area contributed by atoms with E-state index in [4.69, 9.17) is 4.42 Å². The Morgan fingerprint density at radius 1 is 1.53 bits per heavy atom. The van der Waals surface area contributed by atoms with E-state index in [1.54, 1.807) is 12.1 Å². The van der Waals surface area contributed by atoms with E-state index in [0.29, 0.717) is 18.6 Å². The van der Waals surface area contributed by atoms with Gasteiger partial charge in [-0.3, -0.25) is 0 Å². The molecule has 1 atom stereocenters. The molecule has 1 N–H and O–H groups in total. The molecule has 0 amide bonds. The summed E-state index contributed by atoms with van der Waals surface area (Å²) in [5.74, 6) is 0.670. The third-order valence-electron chi connectivity index (χ3n) is 2.67. The molecule has 2 heterocycles. The van der Waals surface area contributed by atoms with Crippen molar-refractivity contribution in [3.63, 3.8) is 0 Å². The zero-order valence-electron chi connectivity index (χ0n) is 8.35. The summed E-state index contributed by atoms with van der Waals surface area (Å²) in [6.45, 7) is 0. The second-order valence-corrected chi connectivity index (χ2v) is 6.36. The highest BCUT2D eigenvalue weighted by Crippen LogP contribution is 2.26. The molecule has 84 valence electrons. The number of rotatable bonds is 2. The van der Waals surface area contributed by atoms with Gasteiger partial charge in [0, 0.05) is 6.42 Å². The summed E-state index contributed by atoms with van der Waals surface area (Å²) in [5, 5.41) is 10.1. The lowest BCUT2D eigenvalue weighted by molar-refractivity contribution is 0.0452. The highest BCUT2D eigenvalue weighted by atomic mass is 32.2. The molecule has 2 rings (SSSR count). The fourth-order valence-electron chi connectivity index (χ4n) is 2.05. The lowest BCUT2D eigenvalue weighted by Gasteiger charge is -2.30. The summed E-state index contributed by atoms with van der Waals surface area (Å²) in [5.41, 5.74) is -1.14. The Morgan fingerprint density at radius 2 is 2.33 bits per heavy atom. The second kappa shape index (κ2) is 3.64. The summed E-state index contributed by atoms with van der Waals surface area (Å²) >= 11 is 0. The highest BCUT2D eigenvalue weighted by molar-refractivity contribution is 7.91. The molecule has 1 aliphatic heterocycles. The van der Waals surface area contributed by atoms with E-state index >= 15 is 0 Å². The average Bonchev–Trinajstić information content (AvgIpc) is 2.52. The molecule has 4 nitrogen and oxygen atoms in total. The lowest BCUT2D eigenvalue weighted by Crippen LogP contribution is -2.44. The van der Waals surface area contributed by atoms with Crippen molar-refractivity contribution in [3.8, 4) is 0 Å². The van der Waals surface area contributed by atoms with Crippen LogP contribution in [0.15, 0.2) is 22.8 Å². The molecule has 0 aromatic carbocycles. The van der Waals surface area contributed by atoms with Crippen LogP contribution in [0.3, 0.4) is 0 Å². The van der Waals surface area contributed by atoms with Gasteiger partial charge in [0.15, 0.2) is 9.84 Å². The first kappa shape index (κ1) is 10.7. The van der Waals surface area contributed by atoms with Gasteiger partial charge in [-0.25, -0.2) is 8.42 Å². The van der Waals surface area contributed by atoms with Crippen molar-refractivity contribution < 1.29 is 17.9 Å². The smallest absolute Gasteiger partial charge is 0.153 e. The first-order valence-electron chi connectivity index (χ1n) is 4.94. The average molecular weight is 230 g/mol. The summed E-state index contributed by atoms with van der Waals surface area (Å²) in [6, 6.07) is 3.48. The summed E-state index contributed by atoms with van der Waals surface area (Å²) < 4.78 is 27.9. The van der Waals surface area contributed by atoms with Gasteiger partial charge in [-0.1, -0.05) is 0 Å². The fourth-order valence-corrected chi connectivity index (χ4v) is 3.85. The molecule has 1 fully saturated rings. The van der Waals surface area contributed by atoms with Crippen molar-refractivity contribution in [1.82, 2.24) is 0 Å². The summed E-state index contributed by atoms with van der Waals surface area (Å²) in [4.78, 5) is 0. The van der Waals surface area contributed by atoms with Gasteiger partial charge in [0.25, 0.3) is 0 Å². The van der Waals surface area contributed by atoms with Crippen molar-refractivity contribution in [2.24, 2.45) is 0 Å². The predicted molar refractivity (Wildman–Crippen MR) is 55.2 cm³/mol. The number of hydrogen-bond donors (Lipinski definition) is 1. The Bertz CT molecular complexity index is 420. The Hall–Kier alpha value is -0.810. The van der Waals surface area contributed by atoms with E-state index in [1.807, 2.05) is 0 Å². The Kier molecular flexibility index (Phi) is 2.60. The van der Waals surface area contributed by atoms with E-state index < -0.39 is 15.4 Å². The van der Waals surface area contributed by atoms with Crippen molar-refractivity contribution in [3.05, 3.63) is 24.2 Å². The maximum absolute atomic E-state index is 11.4. The van der Waals surface area contributed by atoms with Gasteiger partial charge in [-0.05, 0) is 25.0 Å². The van der Waals surface area contributed by atoms with Gasteiger partial charge in [0.2, 0.25) is 0 Å². The molecule has 0 aliphatic carbocycles. The van der Waals surface area contributed by atoms with E-state index in [9.17, 15) is 13.5 Å². The molecule has 0 spiro atoms. The van der Waals surface area contributed by atoms with Crippen molar-refractivity contribution >= 4 is 9.84 Å². The predicted octanol–water partition coefficient (Wildman–Crippen LogP) is 0.762. The third kappa shape index (κ3) is 2.60. The minimum atomic E-state index is -3.09. The van der Waals surface area contributed by atoms with Crippen LogP contribution in [0.5, 0.6) is 0 Å². The minimum absolute atomic E-state index is 0.152. The molecule has 1 aromatic heterocycles. The van der Waals surface area contributed by atoms with Crippen molar-refractivity contribution in [1.29, 1.82) is 0 Å². The number of furan rings is 1.